The van der Waals surface area contributed by atoms with Gasteiger partial charge in [0.1, 0.15) is 5.82 Å². The van der Waals surface area contributed by atoms with Crippen LogP contribution in [0.3, 0.4) is 0 Å². The van der Waals surface area contributed by atoms with Gasteiger partial charge in [-0.05, 0) is 73.7 Å². The number of aliphatic imine (C=N–C) groups is 1. The van der Waals surface area contributed by atoms with Gasteiger partial charge >= 0.3 is 0 Å². The molecule has 0 amide bonds. The van der Waals surface area contributed by atoms with Gasteiger partial charge in [-0.25, -0.2) is 13.8 Å². The summed E-state index contributed by atoms with van der Waals surface area (Å²) in [4.78, 5) is 18.6. The van der Waals surface area contributed by atoms with Crippen LogP contribution >= 0.6 is 11.6 Å². The van der Waals surface area contributed by atoms with Crippen molar-refractivity contribution in [2.24, 2.45) is 4.99 Å². The normalized spacial score (nSPS) is 13.4. The number of nitrogens with one attached hydrogen (secondary N) is 2. The predicted molar refractivity (Wildman–Crippen MR) is 176 cm³/mol. The molecule has 0 bridgehead atoms. The summed E-state index contributed by atoms with van der Waals surface area (Å²) in [6.45, 7) is 10.9. The second kappa shape index (κ2) is 14.3. The lowest BCUT2D eigenvalue weighted by Crippen LogP contribution is -2.29. The average Bonchev–Trinajstić information content (AvgIpc) is 2.98. The Balaban J connectivity index is 1.87. The molecule has 0 aliphatic rings. The molecule has 0 aliphatic heterocycles. The second-order valence-corrected chi connectivity index (χ2v) is 10.8. The van der Waals surface area contributed by atoms with E-state index in [2.05, 4.69) is 11.9 Å². The van der Waals surface area contributed by atoms with Crippen molar-refractivity contribution in [2.75, 3.05) is 0 Å². The molecule has 2 unspecified atom stereocenters. The number of benzene rings is 3. The van der Waals surface area contributed by atoms with Crippen LogP contribution in [0.4, 0.5) is 8.78 Å². The van der Waals surface area contributed by atoms with Gasteiger partial charge in [-0.2, -0.15) is 0 Å². The third-order valence-corrected chi connectivity index (χ3v) is 7.21. The number of ether oxygens (including phenoxy) is 1. The molecular weight excluding hydrogens is 582 g/mol. The number of rotatable bonds is 12. The van der Waals surface area contributed by atoms with Crippen molar-refractivity contribution in [3.05, 3.63) is 129 Å². The minimum atomic E-state index is -1.69. The molecule has 44 heavy (non-hydrogen) atoms. The largest absolute Gasteiger partial charge is 0.458 e. The van der Waals surface area contributed by atoms with Crippen molar-refractivity contribution in [3.8, 4) is 11.4 Å². The number of nitrogens with zero attached hydrogens (tertiary/aromatic N) is 2. The number of hydrogen-bond acceptors (Lipinski definition) is 5. The molecule has 0 aliphatic carbocycles. The van der Waals surface area contributed by atoms with Crippen molar-refractivity contribution in [1.29, 1.82) is 5.41 Å². The minimum absolute atomic E-state index is 0.0367. The fourth-order valence-electron chi connectivity index (χ4n) is 4.84. The summed E-state index contributed by atoms with van der Waals surface area (Å²) in [5, 5.41) is 13.9. The van der Waals surface area contributed by atoms with Crippen molar-refractivity contribution in [3.63, 3.8) is 0 Å². The highest BCUT2D eigenvalue weighted by molar-refractivity contribution is 6.35. The highest BCUT2D eigenvalue weighted by Gasteiger charge is 2.22. The van der Waals surface area contributed by atoms with E-state index in [4.69, 9.17) is 26.7 Å². The summed E-state index contributed by atoms with van der Waals surface area (Å²) in [6, 6.07) is 19.9. The van der Waals surface area contributed by atoms with Gasteiger partial charge in [0.2, 0.25) is 6.36 Å². The first-order chi connectivity index (χ1) is 21.0. The van der Waals surface area contributed by atoms with Crippen molar-refractivity contribution < 1.29 is 13.5 Å². The van der Waals surface area contributed by atoms with Gasteiger partial charge in [-0.15, -0.1) is 0 Å². The lowest BCUT2D eigenvalue weighted by atomic mass is 9.96. The van der Waals surface area contributed by atoms with E-state index >= 15 is 0 Å². The SMILES string of the molecule is C=C(C)/C(C(=N)c1ccc(OC(C)F)c(F)c1)=C(\N=C/CCC)NC(C)c1cc2cccc(Cl)c2c(=O)n1-c1ccccc1. The molecule has 0 radical (unpaired) electrons. The highest BCUT2D eigenvalue weighted by atomic mass is 35.5. The number of aromatic nitrogens is 1. The summed E-state index contributed by atoms with van der Waals surface area (Å²) in [6.07, 6.45) is 1.59. The van der Waals surface area contributed by atoms with Crippen LogP contribution < -0.4 is 15.6 Å². The molecule has 228 valence electrons. The van der Waals surface area contributed by atoms with Crippen LogP contribution in [0.15, 0.2) is 106 Å². The zero-order valence-corrected chi connectivity index (χ0v) is 25.9. The van der Waals surface area contributed by atoms with E-state index in [9.17, 15) is 13.6 Å². The summed E-state index contributed by atoms with van der Waals surface area (Å²) >= 11 is 6.48. The Kier molecular flexibility index (Phi) is 10.5. The van der Waals surface area contributed by atoms with Gasteiger partial charge < -0.3 is 10.1 Å². The molecule has 9 heteroatoms. The zero-order chi connectivity index (χ0) is 32.0. The third kappa shape index (κ3) is 7.14. The molecule has 4 rings (SSSR count). The van der Waals surface area contributed by atoms with Gasteiger partial charge in [-0.1, -0.05) is 61.9 Å². The Hall–Kier alpha value is -4.56. The zero-order valence-electron chi connectivity index (χ0n) is 25.1. The van der Waals surface area contributed by atoms with Gasteiger partial charge in [0, 0.05) is 35.7 Å². The van der Waals surface area contributed by atoms with E-state index in [1.807, 2.05) is 56.3 Å². The molecule has 1 aromatic heterocycles. The molecule has 3 aromatic carbocycles. The Labute approximate surface area is 260 Å². The molecule has 0 fully saturated rings. The molecule has 6 nitrogen and oxygen atoms in total. The van der Waals surface area contributed by atoms with Gasteiger partial charge in [0.05, 0.1) is 22.2 Å². The van der Waals surface area contributed by atoms with Crippen LogP contribution in [0, 0.1) is 11.2 Å². The summed E-state index contributed by atoms with van der Waals surface area (Å²) in [5.74, 6) is -0.711. The molecular formula is C35H35ClF2N4O2. The van der Waals surface area contributed by atoms with Crippen LogP contribution in [0.2, 0.25) is 5.02 Å². The lowest BCUT2D eigenvalue weighted by molar-refractivity contribution is 0.0814. The first-order valence-electron chi connectivity index (χ1n) is 14.3. The predicted octanol–water partition coefficient (Wildman–Crippen LogP) is 8.85. The standard InChI is InChI=1S/C35H35ClF2N4O2/c1-6-7-18-40-34(31(21(2)3)33(39)25-16-17-30(28(38)19-25)44-23(5)37)41-22(4)29-20-24-12-11-15-27(36)32(24)35(43)42(29)26-13-9-8-10-14-26/h8-20,22-23,39,41H,2,6-7H2,1,3-5H3/b34-31-,39-33?,40-18-. The topological polar surface area (TPSA) is 79.5 Å². The number of hydrogen-bond donors (Lipinski definition) is 2. The maximum atomic E-state index is 14.8. The molecule has 0 saturated heterocycles. The van der Waals surface area contributed by atoms with Crippen molar-refractivity contribution >= 4 is 34.3 Å². The van der Waals surface area contributed by atoms with E-state index in [1.54, 1.807) is 29.8 Å². The number of allylic oxidation sites excluding steroid dienone is 2. The quantitative estimate of drug-likeness (QED) is 0.123. The van der Waals surface area contributed by atoms with Gasteiger partial charge in [0.25, 0.3) is 5.56 Å². The van der Waals surface area contributed by atoms with E-state index in [0.29, 0.717) is 50.6 Å². The summed E-state index contributed by atoms with van der Waals surface area (Å²) in [7, 11) is 0. The number of halogens is 3. The van der Waals surface area contributed by atoms with Crippen LogP contribution in [0.25, 0.3) is 16.5 Å². The minimum Gasteiger partial charge on any atom is -0.458 e. The first-order valence-corrected chi connectivity index (χ1v) is 14.7. The first kappa shape index (κ1) is 32.4. The molecule has 0 saturated carbocycles. The average molecular weight is 617 g/mol. The van der Waals surface area contributed by atoms with E-state index in [1.165, 1.54) is 12.1 Å². The lowest BCUT2D eigenvalue weighted by Gasteiger charge is -2.24. The fourth-order valence-corrected chi connectivity index (χ4v) is 5.11. The number of fused-ring (bicyclic) bond motifs is 1. The Bertz CT molecular complexity index is 1810. The summed E-state index contributed by atoms with van der Waals surface area (Å²) in [5.41, 5.74) is 2.10. The fraction of sp³-hybridized carbons (Fsp3) is 0.229. The summed E-state index contributed by atoms with van der Waals surface area (Å²) < 4.78 is 34.6. The molecule has 0 spiro atoms. The van der Waals surface area contributed by atoms with E-state index in [-0.39, 0.29) is 22.6 Å². The van der Waals surface area contributed by atoms with Crippen molar-refractivity contribution in [1.82, 2.24) is 9.88 Å². The van der Waals surface area contributed by atoms with Crippen molar-refractivity contribution in [2.45, 2.75) is 52.9 Å². The molecule has 2 N–H and O–H groups in total. The monoisotopic (exact) mass is 616 g/mol. The second-order valence-electron chi connectivity index (χ2n) is 10.4. The highest BCUT2D eigenvalue weighted by Crippen LogP contribution is 2.28. The molecule has 1 heterocycles. The third-order valence-electron chi connectivity index (χ3n) is 6.90. The number of unbranched alkanes of at least 4 members (excludes halogenated alkanes) is 1. The van der Waals surface area contributed by atoms with Gasteiger partial charge in [-0.3, -0.25) is 14.8 Å². The molecule has 4 aromatic rings. The van der Waals surface area contributed by atoms with E-state index < -0.39 is 18.2 Å². The van der Waals surface area contributed by atoms with Crippen LogP contribution in [-0.2, 0) is 0 Å². The number of alkyl halides is 1. The number of para-hydroxylation sites is 1. The Morgan fingerprint density at radius 3 is 2.50 bits per heavy atom. The van der Waals surface area contributed by atoms with Gasteiger partial charge in [0.15, 0.2) is 11.6 Å². The molecule has 2 atom stereocenters. The Morgan fingerprint density at radius 1 is 1.14 bits per heavy atom. The number of pyridine rings is 1. The maximum Gasteiger partial charge on any atom is 0.264 e. The van der Waals surface area contributed by atoms with Crippen LogP contribution in [0.1, 0.15) is 57.8 Å². The van der Waals surface area contributed by atoms with Crippen LogP contribution in [-0.4, -0.2) is 22.9 Å². The smallest absolute Gasteiger partial charge is 0.264 e. The van der Waals surface area contributed by atoms with E-state index in [0.717, 1.165) is 19.4 Å². The Morgan fingerprint density at radius 2 is 1.86 bits per heavy atom. The maximum absolute atomic E-state index is 14.8. The van der Waals surface area contributed by atoms with Crippen LogP contribution in [0.5, 0.6) is 5.75 Å².